The topological polar surface area (TPSA) is 127 Å². The lowest BCUT2D eigenvalue weighted by atomic mass is 9.45. The third kappa shape index (κ3) is 9.02. The predicted molar refractivity (Wildman–Crippen MR) is 214 cm³/mol. The molecule has 54 heavy (non-hydrogen) atoms. The summed E-state index contributed by atoms with van der Waals surface area (Å²) in [6.45, 7) is 13.8. The number of hydroxylamine groups is 2. The summed E-state index contributed by atoms with van der Waals surface area (Å²) >= 11 is 0. The number of aliphatic hydroxyl groups excluding tert-OH is 2. The summed E-state index contributed by atoms with van der Waals surface area (Å²) in [6.07, 6.45) is 7.09. The average Bonchev–Trinajstić information content (AvgIpc) is 3.49. The van der Waals surface area contributed by atoms with Crippen LogP contribution in [0.1, 0.15) is 95.5 Å². The minimum atomic E-state index is -0.883. The highest BCUT2D eigenvalue weighted by Gasteiger charge is 2.57. The van der Waals surface area contributed by atoms with Crippen molar-refractivity contribution in [2.45, 2.75) is 110 Å². The Morgan fingerprint density at radius 2 is 1.83 bits per heavy atom. The van der Waals surface area contributed by atoms with E-state index in [1.807, 2.05) is 37.2 Å². The fourth-order valence-corrected chi connectivity index (χ4v) is 9.83. The number of rotatable bonds is 16. The van der Waals surface area contributed by atoms with E-state index in [9.17, 15) is 19.8 Å². The molecule has 2 bridgehead atoms. The van der Waals surface area contributed by atoms with Crippen molar-refractivity contribution >= 4 is 17.5 Å². The number of amides is 2. The summed E-state index contributed by atoms with van der Waals surface area (Å²) in [6, 6.07) is 5.33. The molecule has 1 saturated heterocycles. The van der Waals surface area contributed by atoms with Gasteiger partial charge in [0.2, 0.25) is 5.91 Å². The molecule has 1 unspecified atom stereocenters. The number of anilines is 1. The maximum Gasteiger partial charge on any atom is 0.251 e. The molecule has 4 N–H and O–H groups in total. The van der Waals surface area contributed by atoms with Crippen molar-refractivity contribution in [2.75, 3.05) is 59.9 Å². The smallest absolute Gasteiger partial charge is 0.251 e. The molecule has 11 heteroatoms. The molecule has 2 amide bonds. The zero-order chi connectivity index (χ0) is 39.6. The fraction of sp³-hybridized carbons (Fsp3) is 0.721. The van der Waals surface area contributed by atoms with E-state index < -0.39 is 24.2 Å². The summed E-state index contributed by atoms with van der Waals surface area (Å²) in [5.74, 6) is 1.60. The molecule has 6 rings (SSSR count). The largest absolute Gasteiger partial charge is 0.500 e. The molecular weight excluding hydrogens is 683 g/mol. The first-order valence-corrected chi connectivity index (χ1v) is 20.2. The quantitative estimate of drug-likeness (QED) is 0.186. The molecule has 5 aliphatic rings. The highest BCUT2D eigenvalue weighted by molar-refractivity contribution is 5.95. The fourth-order valence-electron chi connectivity index (χ4n) is 9.83. The Kier molecular flexibility index (Phi) is 13.6. The van der Waals surface area contributed by atoms with Crippen LogP contribution in [0.25, 0.3) is 0 Å². The van der Waals surface area contributed by atoms with Gasteiger partial charge in [0.25, 0.3) is 5.91 Å². The number of hydrogen-bond acceptors (Lipinski definition) is 9. The first-order valence-electron chi connectivity index (χ1n) is 20.2. The predicted octanol–water partition coefficient (Wildman–Crippen LogP) is 4.95. The van der Waals surface area contributed by atoms with E-state index >= 15 is 0 Å². The molecule has 10 atom stereocenters. The maximum atomic E-state index is 14.3. The van der Waals surface area contributed by atoms with Crippen LogP contribution in [0.2, 0.25) is 0 Å². The first kappa shape index (κ1) is 42.2. The van der Waals surface area contributed by atoms with E-state index in [1.165, 1.54) is 6.42 Å². The van der Waals surface area contributed by atoms with Crippen molar-refractivity contribution < 1.29 is 29.4 Å². The SMILES string of the molecule is COC1=C(CN2O[C@@H](CO)[C@@H]([C@H](C)O)[C@H]2C(=O)N[C@H]2C[C@H]3C[C@@H]([C@@H]2C)C3(C)C)C=CCC1c1cc(C(=O)N[C@H](CCN(C)C)CC(C)C)cc(N(C)C)c1. The van der Waals surface area contributed by atoms with Crippen molar-refractivity contribution in [2.24, 2.45) is 35.0 Å². The molecule has 1 aliphatic heterocycles. The van der Waals surface area contributed by atoms with Crippen LogP contribution in [-0.2, 0) is 14.4 Å². The van der Waals surface area contributed by atoms with Gasteiger partial charge in [-0.3, -0.25) is 14.4 Å². The van der Waals surface area contributed by atoms with Gasteiger partial charge in [-0.15, -0.1) is 0 Å². The summed E-state index contributed by atoms with van der Waals surface area (Å²) in [5.41, 5.74) is 3.60. The van der Waals surface area contributed by atoms with E-state index in [4.69, 9.17) is 9.57 Å². The van der Waals surface area contributed by atoms with Crippen molar-refractivity contribution in [3.8, 4) is 0 Å². The number of methoxy groups -OCH3 is 1. The number of carbonyl (C=O) groups excluding carboxylic acids is 2. The molecule has 1 heterocycles. The molecule has 4 aliphatic carbocycles. The van der Waals surface area contributed by atoms with E-state index in [1.54, 1.807) is 19.1 Å². The molecule has 302 valence electrons. The van der Waals surface area contributed by atoms with Crippen LogP contribution in [0.5, 0.6) is 0 Å². The molecule has 3 saturated carbocycles. The van der Waals surface area contributed by atoms with Crippen LogP contribution < -0.4 is 15.5 Å². The summed E-state index contributed by atoms with van der Waals surface area (Å²) < 4.78 is 6.17. The van der Waals surface area contributed by atoms with Gasteiger partial charge in [-0.2, -0.15) is 5.06 Å². The van der Waals surface area contributed by atoms with E-state index in [-0.39, 0.29) is 43.0 Å². The summed E-state index contributed by atoms with van der Waals surface area (Å²) in [4.78, 5) is 38.6. The Morgan fingerprint density at radius 1 is 1.11 bits per heavy atom. The zero-order valence-electron chi connectivity index (χ0n) is 34.8. The molecule has 1 aromatic carbocycles. The van der Waals surface area contributed by atoms with Gasteiger partial charge in [-0.1, -0.05) is 46.8 Å². The normalized spacial score (nSPS) is 30.3. The van der Waals surface area contributed by atoms with Crippen molar-refractivity contribution in [3.63, 3.8) is 0 Å². The van der Waals surface area contributed by atoms with Crippen LogP contribution in [0.4, 0.5) is 5.69 Å². The first-order chi connectivity index (χ1) is 25.5. The van der Waals surface area contributed by atoms with Gasteiger partial charge in [-0.05, 0) is 113 Å². The third-order valence-electron chi connectivity index (χ3n) is 13.1. The van der Waals surface area contributed by atoms with E-state index in [0.717, 1.165) is 48.4 Å². The number of allylic oxidation sites excluding steroid dienone is 2. The Balaban J connectivity index is 1.42. The van der Waals surface area contributed by atoms with Crippen molar-refractivity contribution in [1.29, 1.82) is 0 Å². The Hall–Kier alpha value is -2.96. The zero-order valence-corrected chi connectivity index (χ0v) is 34.8. The van der Waals surface area contributed by atoms with Crippen molar-refractivity contribution in [3.05, 3.63) is 52.8 Å². The molecule has 4 fully saturated rings. The van der Waals surface area contributed by atoms with Crippen molar-refractivity contribution in [1.82, 2.24) is 20.6 Å². The van der Waals surface area contributed by atoms with Crippen LogP contribution in [0.3, 0.4) is 0 Å². The summed E-state index contributed by atoms with van der Waals surface area (Å²) in [5, 5.41) is 29.7. The highest BCUT2D eigenvalue weighted by atomic mass is 16.7. The van der Waals surface area contributed by atoms with Gasteiger partial charge in [0, 0.05) is 54.8 Å². The minimum absolute atomic E-state index is 0.0515. The Bertz CT molecular complexity index is 1540. The van der Waals surface area contributed by atoms with Gasteiger partial charge < -0.3 is 35.4 Å². The number of fused-ring (bicyclic) bond motifs is 2. The van der Waals surface area contributed by atoms with Gasteiger partial charge in [0.05, 0.1) is 26.4 Å². The summed E-state index contributed by atoms with van der Waals surface area (Å²) in [7, 11) is 9.71. The number of nitrogens with zero attached hydrogens (tertiary/aromatic N) is 3. The second-order valence-electron chi connectivity index (χ2n) is 18.1. The number of nitrogens with one attached hydrogen (secondary N) is 2. The van der Waals surface area contributed by atoms with Crippen LogP contribution >= 0.6 is 0 Å². The monoisotopic (exact) mass is 752 g/mol. The van der Waals surface area contributed by atoms with Crippen LogP contribution in [0, 0.1) is 35.0 Å². The lowest BCUT2D eigenvalue weighted by Crippen LogP contribution is -2.62. The van der Waals surface area contributed by atoms with Crippen LogP contribution in [0.15, 0.2) is 41.7 Å². The minimum Gasteiger partial charge on any atom is -0.500 e. The number of benzene rings is 1. The standard InChI is InChI=1S/C43H69N5O6/c1-25(2)17-32(15-16-46(7)8)44-41(51)30-18-29(19-33(20-30)47(9)10)34-14-12-13-28(40(34)53-11)23-48-39(38(27(4)50)37(24-49)54-48)42(52)45-36-22-31-21-35(26(36)3)43(31,5)6/h12-13,18-20,25-27,31-32,34-39,49-50H,14-17,21-24H2,1-11H3,(H,44,51)(H,45,52)/t26-,27-,31+,32+,34?,35-,36-,37-,38+,39-/m0/s1. The van der Waals surface area contributed by atoms with E-state index in [2.05, 4.69) is 76.4 Å². The van der Waals surface area contributed by atoms with Gasteiger partial charge in [-0.25, -0.2) is 0 Å². The van der Waals surface area contributed by atoms with Gasteiger partial charge >= 0.3 is 0 Å². The average molecular weight is 752 g/mol. The molecule has 11 nitrogen and oxygen atoms in total. The number of aliphatic hydroxyl groups is 2. The number of hydrogen-bond donors (Lipinski definition) is 4. The Labute approximate surface area is 324 Å². The maximum absolute atomic E-state index is 14.3. The molecule has 0 aromatic heterocycles. The third-order valence-corrected chi connectivity index (χ3v) is 13.1. The molecule has 0 spiro atoms. The van der Waals surface area contributed by atoms with E-state index in [0.29, 0.717) is 41.1 Å². The lowest BCUT2D eigenvalue weighted by Gasteiger charge is -2.62. The second-order valence-corrected chi connectivity index (χ2v) is 18.1. The number of carbonyl (C=O) groups is 2. The molecular formula is C43H69N5O6. The Morgan fingerprint density at radius 3 is 2.41 bits per heavy atom. The second kappa shape index (κ2) is 17.5. The molecule has 0 radical (unpaired) electrons. The van der Waals surface area contributed by atoms with Gasteiger partial charge in [0.1, 0.15) is 17.9 Å². The number of ether oxygens (including phenoxy) is 1. The highest BCUT2D eigenvalue weighted by Crippen LogP contribution is 2.61. The lowest BCUT2D eigenvalue weighted by molar-refractivity contribution is -0.173. The van der Waals surface area contributed by atoms with Gasteiger partial charge in [0.15, 0.2) is 0 Å². The molecule has 1 aromatic rings. The van der Waals surface area contributed by atoms with Crippen LogP contribution in [-0.4, -0.2) is 117 Å².